The maximum Gasteiger partial charge on any atom is 0.222 e. The number of fused-ring (bicyclic) bond motifs is 1. The van der Waals surface area contributed by atoms with Gasteiger partial charge in [0.05, 0.1) is 5.39 Å². The lowest BCUT2D eigenvalue weighted by Crippen LogP contribution is -2.24. The molecule has 5 nitrogen and oxygen atoms in total. The van der Waals surface area contributed by atoms with Crippen molar-refractivity contribution in [1.82, 2.24) is 15.3 Å². The standard InChI is InChI=1S/C17H18N4OS/c1-12-9-14-16(20-11-21-17(14)23-12)18-8-7-15(22)19-10-13-5-3-2-4-6-13/h2-6,9,11H,7-8,10H2,1H3,(H,19,22)(H,18,20,21). The summed E-state index contributed by atoms with van der Waals surface area (Å²) in [6.45, 7) is 3.15. The summed E-state index contributed by atoms with van der Waals surface area (Å²) in [5.74, 6) is 0.809. The summed E-state index contributed by atoms with van der Waals surface area (Å²) in [6, 6.07) is 11.9. The summed E-state index contributed by atoms with van der Waals surface area (Å²) in [5.41, 5.74) is 1.10. The highest BCUT2D eigenvalue weighted by Crippen LogP contribution is 2.27. The fraction of sp³-hybridized carbons (Fsp3) is 0.235. The minimum absolute atomic E-state index is 0.0214. The summed E-state index contributed by atoms with van der Waals surface area (Å²) >= 11 is 1.64. The molecule has 0 atom stereocenters. The highest BCUT2D eigenvalue weighted by molar-refractivity contribution is 7.18. The Kier molecular flexibility index (Phi) is 4.83. The quantitative estimate of drug-likeness (QED) is 0.730. The molecule has 2 N–H and O–H groups in total. The first kappa shape index (κ1) is 15.4. The average Bonchev–Trinajstić information content (AvgIpc) is 2.95. The number of thiophene rings is 1. The van der Waals surface area contributed by atoms with E-state index in [4.69, 9.17) is 0 Å². The molecule has 23 heavy (non-hydrogen) atoms. The lowest BCUT2D eigenvalue weighted by molar-refractivity contribution is -0.121. The zero-order chi connectivity index (χ0) is 16.1. The number of nitrogens with one attached hydrogen (secondary N) is 2. The minimum atomic E-state index is 0.0214. The fourth-order valence-corrected chi connectivity index (χ4v) is 3.14. The molecule has 0 saturated heterocycles. The normalized spacial score (nSPS) is 10.7. The fourth-order valence-electron chi connectivity index (χ4n) is 2.30. The number of carbonyl (C=O) groups is 1. The van der Waals surface area contributed by atoms with Gasteiger partial charge in [0.15, 0.2) is 0 Å². The van der Waals surface area contributed by atoms with Gasteiger partial charge in [0.25, 0.3) is 0 Å². The SMILES string of the molecule is Cc1cc2c(NCCC(=O)NCc3ccccc3)ncnc2s1. The second-order valence-corrected chi connectivity index (χ2v) is 6.47. The number of aryl methyl sites for hydroxylation is 1. The first-order chi connectivity index (χ1) is 11.2. The second-order valence-electron chi connectivity index (χ2n) is 5.24. The highest BCUT2D eigenvalue weighted by Gasteiger charge is 2.07. The highest BCUT2D eigenvalue weighted by atomic mass is 32.1. The number of carbonyl (C=O) groups excluding carboxylic acids is 1. The van der Waals surface area contributed by atoms with Gasteiger partial charge in [-0.15, -0.1) is 11.3 Å². The smallest absolute Gasteiger partial charge is 0.222 e. The molecule has 3 aromatic rings. The van der Waals surface area contributed by atoms with Crippen LogP contribution in [0.4, 0.5) is 5.82 Å². The van der Waals surface area contributed by atoms with Gasteiger partial charge in [0.1, 0.15) is 17.0 Å². The molecule has 2 heterocycles. The summed E-state index contributed by atoms with van der Waals surface area (Å²) < 4.78 is 0. The predicted octanol–water partition coefficient (Wildman–Crippen LogP) is 3.12. The van der Waals surface area contributed by atoms with Gasteiger partial charge in [0.2, 0.25) is 5.91 Å². The molecule has 0 saturated carbocycles. The Morgan fingerprint density at radius 2 is 2.04 bits per heavy atom. The summed E-state index contributed by atoms with van der Waals surface area (Å²) in [4.78, 5) is 22.6. The Bertz CT molecular complexity index is 801. The van der Waals surface area contributed by atoms with Gasteiger partial charge in [-0.3, -0.25) is 4.79 Å². The van der Waals surface area contributed by atoms with Crippen LogP contribution in [-0.4, -0.2) is 22.4 Å². The molecule has 0 aliphatic rings. The summed E-state index contributed by atoms with van der Waals surface area (Å²) in [7, 11) is 0. The third-order valence-corrected chi connectivity index (χ3v) is 4.39. The average molecular weight is 326 g/mol. The van der Waals surface area contributed by atoms with Gasteiger partial charge in [-0.1, -0.05) is 30.3 Å². The maximum atomic E-state index is 11.9. The van der Waals surface area contributed by atoms with Crippen molar-refractivity contribution in [3.05, 3.63) is 53.2 Å². The third kappa shape index (κ3) is 4.04. The van der Waals surface area contributed by atoms with Gasteiger partial charge < -0.3 is 10.6 Å². The lowest BCUT2D eigenvalue weighted by Gasteiger charge is -2.07. The number of hydrogen-bond donors (Lipinski definition) is 2. The molecule has 0 bridgehead atoms. The van der Waals surface area contributed by atoms with Crippen LogP contribution in [0.1, 0.15) is 16.9 Å². The van der Waals surface area contributed by atoms with E-state index in [0.717, 1.165) is 21.6 Å². The van der Waals surface area contributed by atoms with Crippen LogP contribution in [0.25, 0.3) is 10.2 Å². The van der Waals surface area contributed by atoms with Crippen LogP contribution in [0, 0.1) is 6.92 Å². The molecular weight excluding hydrogens is 308 g/mol. The molecule has 0 aliphatic carbocycles. The Balaban J connectivity index is 1.49. The van der Waals surface area contributed by atoms with E-state index < -0.39 is 0 Å². The molecule has 0 unspecified atom stereocenters. The van der Waals surface area contributed by atoms with Crippen molar-refractivity contribution in [3.63, 3.8) is 0 Å². The van der Waals surface area contributed by atoms with Crippen LogP contribution in [0.15, 0.2) is 42.7 Å². The van der Waals surface area contributed by atoms with E-state index in [0.29, 0.717) is 19.5 Å². The molecule has 118 valence electrons. The number of rotatable bonds is 6. The zero-order valence-corrected chi connectivity index (χ0v) is 13.7. The summed E-state index contributed by atoms with van der Waals surface area (Å²) in [5, 5.41) is 7.16. The van der Waals surface area contributed by atoms with E-state index in [9.17, 15) is 4.79 Å². The third-order valence-electron chi connectivity index (χ3n) is 3.43. The van der Waals surface area contributed by atoms with Crippen molar-refractivity contribution in [2.45, 2.75) is 19.9 Å². The first-order valence-electron chi connectivity index (χ1n) is 7.48. The molecule has 1 aromatic carbocycles. The van der Waals surface area contributed by atoms with E-state index in [1.54, 1.807) is 17.7 Å². The van der Waals surface area contributed by atoms with Crippen molar-refractivity contribution in [1.29, 1.82) is 0 Å². The Morgan fingerprint density at radius 1 is 1.22 bits per heavy atom. The van der Waals surface area contributed by atoms with Crippen LogP contribution in [0.5, 0.6) is 0 Å². The number of nitrogens with zero attached hydrogens (tertiary/aromatic N) is 2. The number of benzene rings is 1. The van der Waals surface area contributed by atoms with Crippen molar-refractivity contribution in [3.8, 4) is 0 Å². The largest absolute Gasteiger partial charge is 0.369 e. The number of anilines is 1. The van der Waals surface area contributed by atoms with Gasteiger partial charge in [-0.2, -0.15) is 0 Å². The van der Waals surface area contributed by atoms with Gasteiger partial charge >= 0.3 is 0 Å². The minimum Gasteiger partial charge on any atom is -0.369 e. The van der Waals surface area contributed by atoms with Crippen molar-refractivity contribution in [2.75, 3.05) is 11.9 Å². The molecule has 0 aliphatic heterocycles. The molecule has 1 amide bonds. The maximum absolute atomic E-state index is 11.9. The van der Waals surface area contributed by atoms with E-state index in [1.165, 1.54) is 4.88 Å². The van der Waals surface area contributed by atoms with Crippen LogP contribution < -0.4 is 10.6 Å². The van der Waals surface area contributed by atoms with E-state index in [1.807, 2.05) is 37.3 Å². The number of aromatic nitrogens is 2. The molecular formula is C17H18N4OS. The van der Waals surface area contributed by atoms with Crippen LogP contribution >= 0.6 is 11.3 Å². The first-order valence-corrected chi connectivity index (χ1v) is 8.29. The monoisotopic (exact) mass is 326 g/mol. The van der Waals surface area contributed by atoms with Crippen molar-refractivity contribution < 1.29 is 4.79 Å². The second kappa shape index (κ2) is 7.19. The number of hydrogen-bond acceptors (Lipinski definition) is 5. The molecule has 0 radical (unpaired) electrons. The van der Waals surface area contributed by atoms with Crippen LogP contribution in [-0.2, 0) is 11.3 Å². The zero-order valence-electron chi connectivity index (χ0n) is 12.9. The molecule has 0 fully saturated rings. The van der Waals surface area contributed by atoms with Crippen LogP contribution in [0.3, 0.4) is 0 Å². The predicted molar refractivity (Wildman–Crippen MR) is 93.5 cm³/mol. The Morgan fingerprint density at radius 3 is 2.87 bits per heavy atom. The topological polar surface area (TPSA) is 66.9 Å². The number of amides is 1. The van der Waals surface area contributed by atoms with E-state index in [-0.39, 0.29) is 5.91 Å². The Hall–Kier alpha value is -2.47. The van der Waals surface area contributed by atoms with E-state index >= 15 is 0 Å². The lowest BCUT2D eigenvalue weighted by atomic mass is 10.2. The molecule has 3 rings (SSSR count). The van der Waals surface area contributed by atoms with Crippen molar-refractivity contribution >= 4 is 33.3 Å². The molecule has 2 aromatic heterocycles. The van der Waals surface area contributed by atoms with Gasteiger partial charge in [0, 0.05) is 24.4 Å². The molecule has 0 spiro atoms. The van der Waals surface area contributed by atoms with Crippen LogP contribution in [0.2, 0.25) is 0 Å². The van der Waals surface area contributed by atoms with Gasteiger partial charge in [-0.05, 0) is 18.6 Å². The van der Waals surface area contributed by atoms with E-state index in [2.05, 4.69) is 26.7 Å². The van der Waals surface area contributed by atoms with Gasteiger partial charge in [-0.25, -0.2) is 9.97 Å². The molecule has 6 heteroatoms. The van der Waals surface area contributed by atoms with Crippen molar-refractivity contribution in [2.24, 2.45) is 0 Å². The Labute approximate surface area is 138 Å². The summed E-state index contributed by atoms with van der Waals surface area (Å²) in [6.07, 6.45) is 1.96.